The third kappa shape index (κ3) is 3.32. The molecule has 1 atom stereocenters. The summed E-state index contributed by atoms with van der Waals surface area (Å²) < 4.78 is 25.7. The van der Waals surface area contributed by atoms with Crippen molar-refractivity contribution in [3.05, 3.63) is 18.2 Å². The highest BCUT2D eigenvalue weighted by Gasteiger charge is 2.24. The van der Waals surface area contributed by atoms with Crippen molar-refractivity contribution in [2.75, 3.05) is 25.1 Å². The van der Waals surface area contributed by atoms with Crippen LogP contribution in [0.1, 0.15) is 32.6 Å². The van der Waals surface area contributed by atoms with Gasteiger partial charge in [-0.15, -0.1) is 0 Å². The maximum Gasteiger partial charge on any atom is 0.244 e. The van der Waals surface area contributed by atoms with Gasteiger partial charge in [0.15, 0.2) is 0 Å². The lowest BCUT2D eigenvalue weighted by Crippen LogP contribution is -2.26. The van der Waals surface area contributed by atoms with Crippen molar-refractivity contribution in [3.8, 4) is 0 Å². The quantitative estimate of drug-likeness (QED) is 0.819. The number of benzene rings is 1. The predicted octanol–water partition coefficient (Wildman–Crippen LogP) is 2.51. The molecule has 0 aromatic heterocycles. The molecule has 3 N–H and O–H groups in total. The molecule has 1 unspecified atom stereocenters. The van der Waals surface area contributed by atoms with Gasteiger partial charge in [0, 0.05) is 20.1 Å². The minimum atomic E-state index is -3.52. The van der Waals surface area contributed by atoms with Crippen LogP contribution in [0.15, 0.2) is 23.1 Å². The molecule has 0 heterocycles. The van der Waals surface area contributed by atoms with Crippen LogP contribution in [0.4, 0.5) is 11.4 Å². The van der Waals surface area contributed by atoms with E-state index in [4.69, 9.17) is 5.73 Å². The molecule has 5 nitrogen and oxygen atoms in total. The molecule has 0 amide bonds. The van der Waals surface area contributed by atoms with Crippen LogP contribution in [0.3, 0.4) is 0 Å². The summed E-state index contributed by atoms with van der Waals surface area (Å²) in [6, 6.07) is 5.43. The zero-order chi connectivity index (χ0) is 15.6. The van der Waals surface area contributed by atoms with Crippen LogP contribution >= 0.6 is 0 Å². The number of hydrogen-bond acceptors (Lipinski definition) is 4. The topological polar surface area (TPSA) is 75.4 Å². The highest BCUT2D eigenvalue weighted by Crippen LogP contribution is 2.32. The second kappa shape index (κ2) is 6.23. The average molecular weight is 311 g/mol. The summed E-state index contributed by atoms with van der Waals surface area (Å²) in [7, 11) is -0.497. The van der Waals surface area contributed by atoms with Crippen LogP contribution in [0.2, 0.25) is 0 Å². The molecule has 0 spiro atoms. The molecule has 1 aliphatic carbocycles. The first kappa shape index (κ1) is 16.1. The van der Waals surface area contributed by atoms with Crippen molar-refractivity contribution < 1.29 is 8.42 Å². The molecule has 2 rings (SSSR count). The van der Waals surface area contributed by atoms with Gasteiger partial charge in [-0.2, -0.15) is 0 Å². The fourth-order valence-corrected chi connectivity index (χ4v) is 3.94. The van der Waals surface area contributed by atoms with Gasteiger partial charge in [-0.3, -0.25) is 0 Å². The largest absolute Gasteiger partial charge is 0.396 e. The zero-order valence-electron chi connectivity index (χ0n) is 13.0. The smallest absolute Gasteiger partial charge is 0.244 e. The van der Waals surface area contributed by atoms with E-state index in [2.05, 4.69) is 12.2 Å². The van der Waals surface area contributed by atoms with Crippen molar-refractivity contribution in [2.45, 2.75) is 43.5 Å². The maximum absolute atomic E-state index is 12.3. The lowest BCUT2D eigenvalue weighted by Gasteiger charge is -2.23. The lowest BCUT2D eigenvalue weighted by molar-refractivity contribution is 0.482. The number of nitrogens with zero attached hydrogens (tertiary/aromatic N) is 1. The Morgan fingerprint density at radius 1 is 1.29 bits per heavy atom. The number of nitrogen functional groups attached to an aromatic ring is 1. The van der Waals surface area contributed by atoms with E-state index in [0.29, 0.717) is 23.3 Å². The fraction of sp³-hybridized carbons (Fsp3) is 0.600. The van der Waals surface area contributed by atoms with Crippen molar-refractivity contribution in [1.29, 1.82) is 0 Å². The fourth-order valence-electron chi connectivity index (χ4n) is 2.91. The van der Waals surface area contributed by atoms with Gasteiger partial charge in [-0.25, -0.2) is 12.7 Å². The van der Waals surface area contributed by atoms with Gasteiger partial charge in [0.2, 0.25) is 10.0 Å². The van der Waals surface area contributed by atoms with E-state index in [1.54, 1.807) is 12.1 Å². The monoisotopic (exact) mass is 311 g/mol. The second-order valence-electron chi connectivity index (χ2n) is 5.98. The summed E-state index contributed by atoms with van der Waals surface area (Å²) in [4.78, 5) is 0.163. The standard InChI is InChI=1S/C15H25N3O2S/c1-11(12-7-4-5-8-12)17-13-9-6-10-14(15(13)16)21(19,20)18(2)3/h6,9-12,17H,4-5,7-8,16H2,1-3H3. The molecule has 1 aromatic carbocycles. The summed E-state index contributed by atoms with van der Waals surface area (Å²) in [5, 5.41) is 3.40. The molecule has 118 valence electrons. The van der Waals surface area contributed by atoms with Gasteiger partial charge in [-0.1, -0.05) is 18.9 Å². The molecule has 1 aliphatic rings. The van der Waals surface area contributed by atoms with E-state index < -0.39 is 10.0 Å². The Labute approximate surface area is 127 Å². The normalized spacial score (nSPS) is 18.1. The first-order chi connectivity index (χ1) is 9.84. The molecular weight excluding hydrogens is 286 g/mol. The lowest BCUT2D eigenvalue weighted by atomic mass is 9.99. The Kier molecular flexibility index (Phi) is 4.78. The number of para-hydroxylation sites is 1. The SMILES string of the molecule is CC(Nc1cccc(S(=O)(=O)N(C)C)c1N)C1CCCC1. The van der Waals surface area contributed by atoms with Gasteiger partial charge in [0.25, 0.3) is 0 Å². The second-order valence-corrected chi connectivity index (χ2v) is 8.10. The zero-order valence-corrected chi connectivity index (χ0v) is 13.8. The van der Waals surface area contributed by atoms with Crippen molar-refractivity contribution >= 4 is 21.4 Å². The summed E-state index contributed by atoms with van der Waals surface area (Å²) in [6.07, 6.45) is 5.01. The van der Waals surface area contributed by atoms with Crippen molar-refractivity contribution in [1.82, 2.24) is 4.31 Å². The number of anilines is 2. The van der Waals surface area contributed by atoms with Gasteiger partial charge in [-0.05, 0) is 37.8 Å². The van der Waals surface area contributed by atoms with E-state index in [0.717, 1.165) is 0 Å². The Balaban J connectivity index is 2.26. The van der Waals surface area contributed by atoms with Crippen LogP contribution in [0, 0.1) is 5.92 Å². The molecule has 1 saturated carbocycles. The third-order valence-corrected chi connectivity index (χ3v) is 6.19. The highest BCUT2D eigenvalue weighted by molar-refractivity contribution is 7.89. The molecule has 0 radical (unpaired) electrons. The Bertz CT molecular complexity index is 593. The first-order valence-corrected chi connectivity index (χ1v) is 8.85. The van der Waals surface area contributed by atoms with Crippen LogP contribution in [-0.4, -0.2) is 32.9 Å². The number of sulfonamides is 1. The number of hydrogen-bond donors (Lipinski definition) is 2. The Morgan fingerprint density at radius 2 is 1.90 bits per heavy atom. The molecule has 1 aromatic rings. The average Bonchev–Trinajstić information content (AvgIpc) is 2.94. The molecule has 6 heteroatoms. The number of rotatable bonds is 5. The van der Waals surface area contributed by atoms with Crippen LogP contribution in [0.25, 0.3) is 0 Å². The summed E-state index contributed by atoms with van der Waals surface area (Å²) in [5.41, 5.74) is 7.09. The van der Waals surface area contributed by atoms with E-state index in [1.165, 1.54) is 44.1 Å². The first-order valence-electron chi connectivity index (χ1n) is 7.41. The van der Waals surface area contributed by atoms with Crippen LogP contribution in [0.5, 0.6) is 0 Å². The van der Waals surface area contributed by atoms with Gasteiger partial charge in [0.05, 0.1) is 11.4 Å². The molecule has 0 bridgehead atoms. The van der Waals surface area contributed by atoms with Gasteiger partial charge in [0.1, 0.15) is 4.90 Å². The van der Waals surface area contributed by atoms with Crippen molar-refractivity contribution in [3.63, 3.8) is 0 Å². The number of nitrogens with one attached hydrogen (secondary N) is 1. The molecular formula is C15H25N3O2S. The predicted molar refractivity (Wildman–Crippen MR) is 86.8 cm³/mol. The van der Waals surface area contributed by atoms with E-state index in [1.807, 2.05) is 6.07 Å². The van der Waals surface area contributed by atoms with Crippen molar-refractivity contribution in [2.24, 2.45) is 5.92 Å². The summed E-state index contributed by atoms with van der Waals surface area (Å²) >= 11 is 0. The highest BCUT2D eigenvalue weighted by atomic mass is 32.2. The molecule has 1 fully saturated rings. The summed E-state index contributed by atoms with van der Waals surface area (Å²) in [6.45, 7) is 2.14. The molecule has 21 heavy (non-hydrogen) atoms. The minimum absolute atomic E-state index is 0.163. The van der Waals surface area contributed by atoms with Gasteiger partial charge >= 0.3 is 0 Å². The van der Waals surface area contributed by atoms with Gasteiger partial charge < -0.3 is 11.1 Å². The Morgan fingerprint density at radius 3 is 2.48 bits per heavy atom. The van der Waals surface area contributed by atoms with Crippen LogP contribution < -0.4 is 11.1 Å². The summed E-state index contributed by atoms with van der Waals surface area (Å²) in [5.74, 6) is 0.638. The maximum atomic E-state index is 12.3. The van der Waals surface area contributed by atoms with E-state index >= 15 is 0 Å². The number of nitrogens with two attached hydrogens (primary N) is 1. The van der Waals surface area contributed by atoms with E-state index in [9.17, 15) is 8.42 Å². The third-order valence-electron chi connectivity index (χ3n) is 4.31. The molecule has 0 aliphatic heterocycles. The minimum Gasteiger partial charge on any atom is -0.396 e. The Hall–Kier alpha value is -1.27. The van der Waals surface area contributed by atoms with E-state index in [-0.39, 0.29) is 4.90 Å². The molecule has 0 saturated heterocycles. The van der Waals surface area contributed by atoms with Crippen LogP contribution in [-0.2, 0) is 10.0 Å².